The quantitative estimate of drug-likeness (QED) is 0.446. The Kier molecular flexibility index (Phi) is 7.05. The van der Waals surface area contributed by atoms with Crippen LogP contribution in [0.3, 0.4) is 0 Å². The number of hydrogen-bond donors (Lipinski definition) is 2. The van der Waals surface area contributed by atoms with E-state index in [-0.39, 0.29) is 23.0 Å². The fourth-order valence-corrected chi connectivity index (χ4v) is 4.63. The molecule has 1 aliphatic rings. The van der Waals surface area contributed by atoms with Gasteiger partial charge in [-0.3, -0.25) is 0 Å². The van der Waals surface area contributed by atoms with E-state index in [0.29, 0.717) is 28.9 Å². The van der Waals surface area contributed by atoms with Gasteiger partial charge in [0, 0.05) is 17.7 Å². The fourth-order valence-electron chi connectivity index (χ4n) is 3.67. The number of alkyl halides is 1. The summed E-state index contributed by atoms with van der Waals surface area (Å²) in [4.78, 5) is 14.8. The van der Waals surface area contributed by atoms with Gasteiger partial charge in [0.25, 0.3) is 0 Å². The van der Waals surface area contributed by atoms with Gasteiger partial charge in [-0.15, -0.1) is 11.6 Å². The molecule has 2 N–H and O–H groups in total. The first-order chi connectivity index (χ1) is 13.3. The third kappa shape index (κ3) is 5.29. The highest BCUT2D eigenvalue weighted by atomic mass is 35.5. The topological polar surface area (TPSA) is 83.6 Å². The van der Waals surface area contributed by atoms with Crippen LogP contribution < -0.4 is 0 Å². The maximum absolute atomic E-state index is 10.9. The SMILES string of the molecule is O=C(O)c1ccc(CCC[C@@H]2[C@@H](C=Cc3cc(Cl)nc(Cl)c3)[C@H](O)C[C@H]2Cl)o1. The Balaban J connectivity index is 1.62. The molecule has 2 aromatic rings. The summed E-state index contributed by atoms with van der Waals surface area (Å²) in [6.07, 6.45) is 6.04. The summed E-state index contributed by atoms with van der Waals surface area (Å²) >= 11 is 18.3. The third-order valence-electron chi connectivity index (χ3n) is 5.00. The van der Waals surface area contributed by atoms with Crippen molar-refractivity contribution in [3.63, 3.8) is 0 Å². The minimum atomic E-state index is -1.08. The lowest BCUT2D eigenvalue weighted by Gasteiger charge is -2.20. The smallest absolute Gasteiger partial charge is 0.371 e. The Hall–Kier alpha value is -1.53. The molecular formula is C20H20Cl3NO4. The molecule has 0 radical (unpaired) electrons. The molecule has 4 atom stereocenters. The molecule has 2 heterocycles. The number of nitrogens with zero attached hydrogens (tertiary/aromatic N) is 1. The molecule has 0 saturated heterocycles. The number of aryl methyl sites for hydroxylation is 1. The Labute approximate surface area is 177 Å². The van der Waals surface area contributed by atoms with Gasteiger partial charge in [-0.05, 0) is 55.0 Å². The highest BCUT2D eigenvalue weighted by Crippen LogP contribution is 2.40. The van der Waals surface area contributed by atoms with Gasteiger partial charge in [0.2, 0.25) is 5.76 Å². The molecule has 2 aromatic heterocycles. The van der Waals surface area contributed by atoms with Gasteiger partial charge in [-0.1, -0.05) is 35.4 Å². The summed E-state index contributed by atoms with van der Waals surface area (Å²) in [7, 11) is 0. The maximum atomic E-state index is 10.9. The van der Waals surface area contributed by atoms with Crippen LogP contribution in [0, 0.1) is 11.8 Å². The number of carboxylic acids is 1. The van der Waals surface area contributed by atoms with Crippen molar-refractivity contribution in [1.82, 2.24) is 4.98 Å². The average Bonchev–Trinajstić information content (AvgIpc) is 3.18. The maximum Gasteiger partial charge on any atom is 0.371 e. The molecule has 5 nitrogen and oxygen atoms in total. The predicted octanol–water partition coefficient (Wildman–Crippen LogP) is 5.32. The minimum absolute atomic E-state index is 0.0583. The fraction of sp³-hybridized carbons (Fsp3) is 0.400. The van der Waals surface area contributed by atoms with Gasteiger partial charge in [-0.25, -0.2) is 9.78 Å². The van der Waals surface area contributed by atoms with Gasteiger partial charge in [0.1, 0.15) is 16.1 Å². The second-order valence-electron chi connectivity index (χ2n) is 6.93. The van der Waals surface area contributed by atoms with E-state index in [1.165, 1.54) is 6.07 Å². The monoisotopic (exact) mass is 443 g/mol. The lowest BCUT2D eigenvalue weighted by atomic mass is 9.89. The Morgan fingerprint density at radius 3 is 2.64 bits per heavy atom. The standard InChI is InChI=1S/C20H20Cl3NO4/c21-15-10-16(25)14(6-4-11-8-18(22)24-19(23)9-11)13(15)3-1-2-12-5-7-17(28-12)20(26)27/h4-9,13-16,25H,1-3,10H2,(H,26,27)/t13-,14-,15-,16-/m1/s1. The number of rotatable bonds is 7. The summed E-state index contributed by atoms with van der Waals surface area (Å²) < 4.78 is 5.29. The summed E-state index contributed by atoms with van der Waals surface area (Å²) in [5, 5.41) is 19.8. The van der Waals surface area contributed by atoms with E-state index in [4.69, 9.17) is 44.3 Å². The van der Waals surface area contributed by atoms with Crippen LogP contribution in [0.4, 0.5) is 0 Å². The number of carboxylic acid groups (broad SMARTS) is 1. The Morgan fingerprint density at radius 2 is 2.00 bits per heavy atom. The van der Waals surface area contributed by atoms with Crippen molar-refractivity contribution in [1.29, 1.82) is 0 Å². The van der Waals surface area contributed by atoms with E-state index in [2.05, 4.69) is 4.98 Å². The minimum Gasteiger partial charge on any atom is -0.475 e. The van der Waals surface area contributed by atoms with Crippen LogP contribution >= 0.6 is 34.8 Å². The number of aliphatic hydroxyl groups is 1. The molecule has 0 spiro atoms. The Bertz CT molecular complexity index is 847. The zero-order chi connectivity index (χ0) is 20.3. The van der Waals surface area contributed by atoms with Crippen molar-refractivity contribution in [3.8, 4) is 0 Å². The number of aliphatic hydroxyl groups excluding tert-OH is 1. The lowest BCUT2D eigenvalue weighted by molar-refractivity contribution is 0.0660. The van der Waals surface area contributed by atoms with Gasteiger partial charge in [-0.2, -0.15) is 0 Å². The predicted molar refractivity (Wildman–Crippen MR) is 109 cm³/mol. The van der Waals surface area contributed by atoms with Crippen LogP contribution in [0.1, 0.15) is 41.1 Å². The van der Waals surface area contributed by atoms with E-state index < -0.39 is 12.1 Å². The molecule has 1 fully saturated rings. The lowest BCUT2D eigenvalue weighted by Crippen LogP contribution is -2.18. The van der Waals surface area contributed by atoms with E-state index in [9.17, 15) is 9.90 Å². The van der Waals surface area contributed by atoms with Crippen LogP contribution in [0.5, 0.6) is 0 Å². The number of furan rings is 1. The van der Waals surface area contributed by atoms with Crippen LogP contribution in [-0.2, 0) is 6.42 Å². The zero-order valence-corrected chi connectivity index (χ0v) is 17.2. The summed E-state index contributed by atoms with van der Waals surface area (Å²) in [5.41, 5.74) is 0.811. The molecular weight excluding hydrogens is 425 g/mol. The first-order valence-electron chi connectivity index (χ1n) is 8.99. The molecule has 0 aromatic carbocycles. The van der Waals surface area contributed by atoms with Crippen molar-refractivity contribution >= 4 is 46.8 Å². The number of pyridine rings is 1. The van der Waals surface area contributed by atoms with Gasteiger partial charge < -0.3 is 14.6 Å². The summed E-state index contributed by atoms with van der Waals surface area (Å²) in [6, 6.07) is 6.54. The van der Waals surface area contributed by atoms with Crippen molar-refractivity contribution in [2.75, 3.05) is 0 Å². The normalized spacial score (nSPS) is 24.9. The third-order valence-corrected chi connectivity index (χ3v) is 5.89. The van der Waals surface area contributed by atoms with Gasteiger partial charge >= 0.3 is 5.97 Å². The second-order valence-corrected chi connectivity index (χ2v) is 8.26. The summed E-state index contributed by atoms with van der Waals surface area (Å²) in [6.45, 7) is 0. The van der Waals surface area contributed by atoms with E-state index in [0.717, 1.165) is 18.4 Å². The van der Waals surface area contributed by atoms with Gasteiger partial charge in [0.15, 0.2) is 0 Å². The van der Waals surface area contributed by atoms with Crippen molar-refractivity contribution in [2.24, 2.45) is 11.8 Å². The van der Waals surface area contributed by atoms with E-state index in [1.54, 1.807) is 18.2 Å². The molecule has 1 aliphatic carbocycles. The largest absolute Gasteiger partial charge is 0.475 e. The second kappa shape index (κ2) is 9.31. The number of carbonyl (C=O) groups is 1. The first-order valence-corrected chi connectivity index (χ1v) is 10.2. The first kappa shape index (κ1) is 21.2. The van der Waals surface area contributed by atoms with E-state index >= 15 is 0 Å². The molecule has 0 bridgehead atoms. The van der Waals surface area contributed by atoms with Crippen LogP contribution in [0.25, 0.3) is 6.08 Å². The van der Waals surface area contributed by atoms with Crippen molar-refractivity contribution in [2.45, 2.75) is 37.2 Å². The molecule has 1 saturated carbocycles. The van der Waals surface area contributed by atoms with Crippen molar-refractivity contribution in [3.05, 3.63) is 57.7 Å². The van der Waals surface area contributed by atoms with Gasteiger partial charge in [0.05, 0.1) is 6.10 Å². The number of halogens is 3. The highest BCUT2D eigenvalue weighted by Gasteiger charge is 2.39. The van der Waals surface area contributed by atoms with Crippen molar-refractivity contribution < 1.29 is 19.4 Å². The zero-order valence-electron chi connectivity index (χ0n) is 14.9. The number of hydrogen-bond acceptors (Lipinski definition) is 4. The average molecular weight is 445 g/mol. The summed E-state index contributed by atoms with van der Waals surface area (Å²) in [5.74, 6) is -0.478. The van der Waals surface area contributed by atoms with Crippen LogP contribution in [0.2, 0.25) is 10.3 Å². The van der Waals surface area contributed by atoms with E-state index in [1.807, 2.05) is 12.2 Å². The molecule has 0 aliphatic heterocycles. The number of aromatic carboxylic acids is 1. The molecule has 150 valence electrons. The molecule has 28 heavy (non-hydrogen) atoms. The highest BCUT2D eigenvalue weighted by molar-refractivity contribution is 6.32. The molecule has 3 rings (SSSR count). The Morgan fingerprint density at radius 1 is 1.29 bits per heavy atom. The molecule has 0 unspecified atom stereocenters. The molecule has 8 heteroatoms. The molecule has 0 amide bonds. The van der Waals surface area contributed by atoms with Crippen LogP contribution in [-0.4, -0.2) is 32.6 Å². The number of aromatic nitrogens is 1. The van der Waals surface area contributed by atoms with Crippen LogP contribution in [0.15, 0.2) is 34.8 Å².